The number of aromatic nitrogens is 1. The second-order valence-corrected chi connectivity index (χ2v) is 5.65. The molecule has 1 fully saturated rings. The van der Waals surface area contributed by atoms with Crippen LogP contribution in [0.5, 0.6) is 0 Å². The molecule has 2 aromatic rings. The van der Waals surface area contributed by atoms with Crippen LogP contribution < -0.4 is 10.2 Å². The lowest BCUT2D eigenvalue weighted by molar-refractivity contribution is 0.590. The molecular formula is C14H16Cl3N3. The van der Waals surface area contributed by atoms with E-state index >= 15 is 0 Å². The van der Waals surface area contributed by atoms with Crippen LogP contribution in [0.3, 0.4) is 0 Å². The number of nitrogens with one attached hydrogen (secondary N) is 1. The fraction of sp³-hybridized carbons (Fsp3) is 0.357. The maximum absolute atomic E-state index is 6.37. The molecule has 0 aliphatic carbocycles. The van der Waals surface area contributed by atoms with Crippen molar-refractivity contribution in [3.63, 3.8) is 0 Å². The molecule has 1 N–H and O–H groups in total. The molecule has 0 atom stereocenters. The quantitative estimate of drug-likeness (QED) is 0.863. The van der Waals surface area contributed by atoms with Gasteiger partial charge in [0.1, 0.15) is 0 Å². The first-order valence-corrected chi connectivity index (χ1v) is 7.13. The molecule has 1 aromatic heterocycles. The fourth-order valence-electron chi connectivity index (χ4n) is 2.55. The zero-order valence-corrected chi connectivity index (χ0v) is 13.4. The largest absolute Gasteiger partial charge is 0.368 e. The third-order valence-corrected chi connectivity index (χ3v) is 3.91. The number of benzene rings is 1. The number of aryl methyl sites for hydroxylation is 1. The van der Waals surface area contributed by atoms with Gasteiger partial charge in [0.2, 0.25) is 0 Å². The first kappa shape index (κ1) is 15.6. The lowest BCUT2D eigenvalue weighted by atomic mass is 10.1. The molecule has 108 valence electrons. The standard InChI is InChI=1S/C14H15Cl2N3.ClH/c1-9-6-13(19-4-2-17-3-5-19)14-11(16)7-10(15)8-12(14)18-9;/h6-8,17H,2-5H2,1H3;1H. The van der Waals surface area contributed by atoms with Gasteiger partial charge in [-0.3, -0.25) is 4.98 Å². The van der Waals surface area contributed by atoms with Crippen LogP contribution in [-0.4, -0.2) is 31.2 Å². The molecule has 20 heavy (non-hydrogen) atoms. The summed E-state index contributed by atoms with van der Waals surface area (Å²) in [7, 11) is 0. The van der Waals surface area contributed by atoms with Gasteiger partial charge in [0.15, 0.2) is 0 Å². The highest BCUT2D eigenvalue weighted by Gasteiger charge is 2.16. The molecule has 0 saturated carbocycles. The van der Waals surface area contributed by atoms with E-state index in [0.717, 1.165) is 48.5 Å². The second kappa shape index (κ2) is 6.35. The highest BCUT2D eigenvalue weighted by Crippen LogP contribution is 2.35. The minimum Gasteiger partial charge on any atom is -0.368 e. The Kier molecular flexibility index (Phi) is 4.97. The van der Waals surface area contributed by atoms with E-state index in [2.05, 4.69) is 21.3 Å². The summed E-state index contributed by atoms with van der Waals surface area (Å²) in [6, 6.07) is 5.77. The van der Waals surface area contributed by atoms with Crippen LogP contribution in [0.15, 0.2) is 18.2 Å². The van der Waals surface area contributed by atoms with Gasteiger partial charge in [-0.1, -0.05) is 23.2 Å². The average molecular weight is 333 g/mol. The number of halogens is 3. The summed E-state index contributed by atoms with van der Waals surface area (Å²) in [6.07, 6.45) is 0. The van der Waals surface area contributed by atoms with Gasteiger partial charge in [-0.25, -0.2) is 0 Å². The van der Waals surface area contributed by atoms with Crippen LogP contribution in [0.2, 0.25) is 10.0 Å². The molecule has 6 heteroatoms. The Bertz CT molecular complexity index is 619. The number of anilines is 1. The zero-order chi connectivity index (χ0) is 13.4. The molecule has 1 aromatic carbocycles. The summed E-state index contributed by atoms with van der Waals surface area (Å²) in [5.41, 5.74) is 3.01. The van der Waals surface area contributed by atoms with Crippen molar-refractivity contribution in [3.05, 3.63) is 33.9 Å². The van der Waals surface area contributed by atoms with E-state index in [0.29, 0.717) is 10.0 Å². The molecule has 1 saturated heterocycles. The number of nitrogens with zero attached hydrogens (tertiary/aromatic N) is 2. The Hall–Kier alpha value is -0.740. The van der Waals surface area contributed by atoms with Gasteiger partial charge in [0, 0.05) is 48.0 Å². The van der Waals surface area contributed by atoms with Gasteiger partial charge in [0.25, 0.3) is 0 Å². The topological polar surface area (TPSA) is 28.2 Å². The SMILES string of the molecule is Cc1cc(N2CCNCC2)c2c(Cl)cc(Cl)cc2n1.Cl. The molecular weight excluding hydrogens is 317 g/mol. The molecule has 0 unspecified atom stereocenters. The third kappa shape index (κ3) is 2.96. The van der Waals surface area contributed by atoms with E-state index in [-0.39, 0.29) is 12.4 Å². The molecule has 1 aliphatic heterocycles. The van der Waals surface area contributed by atoms with Crippen LogP contribution in [0.25, 0.3) is 10.9 Å². The summed E-state index contributed by atoms with van der Waals surface area (Å²) in [5, 5.41) is 5.65. The van der Waals surface area contributed by atoms with Gasteiger partial charge >= 0.3 is 0 Å². The summed E-state index contributed by atoms with van der Waals surface area (Å²) >= 11 is 12.4. The lowest BCUT2D eigenvalue weighted by Gasteiger charge is -2.30. The fourth-order valence-corrected chi connectivity index (χ4v) is 3.13. The molecule has 0 spiro atoms. The maximum atomic E-state index is 6.37. The Morgan fingerprint density at radius 2 is 1.85 bits per heavy atom. The Labute approximate surface area is 134 Å². The van der Waals surface area contributed by atoms with Gasteiger partial charge < -0.3 is 10.2 Å². The summed E-state index contributed by atoms with van der Waals surface area (Å²) in [5.74, 6) is 0. The van der Waals surface area contributed by atoms with E-state index in [1.807, 2.05) is 13.0 Å². The molecule has 0 amide bonds. The predicted molar refractivity (Wildman–Crippen MR) is 88.8 cm³/mol. The van der Waals surface area contributed by atoms with Gasteiger partial charge in [-0.15, -0.1) is 12.4 Å². The molecule has 2 heterocycles. The average Bonchev–Trinajstić information content (AvgIpc) is 2.38. The summed E-state index contributed by atoms with van der Waals surface area (Å²) in [4.78, 5) is 6.90. The van der Waals surface area contributed by atoms with Crippen molar-refractivity contribution in [2.24, 2.45) is 0 Å². The molecule has 1 aliphatic rings. The molecule has 0 bridgehead atoms. The van der Waals surface area contributed by atoms with Crippen molar-refractivity contribution in [1.82, 2.24) is 10.3 Å². The first-order chi connectivity index (χ1) is 9.15. The number of hydrogen-bond acceptors (Lipinski definition) is 3. The van der Waals surface area contributed by atoms with Crippen LogP contribution in [0.1, 0.15) is 5.69 Å². The van der Waals surface area contributed by atoms with Crippen molar-refractivity contribution in [2.45, 2.75) is 6.92 Å². The maximum Gasteiger partial charge on any atom is 0.0755 e. The minimum absolute atomic E-state index is 0. The number of fused-ring (bicyclic) bond motifs is 1. The number of piperazine rings is 1. The van der Waals surface area contributed by atoms with Gasteiger partial charge in [0.05, 0.1) is 10.5 Å². The van der Waals surface area contributed by atoms with Crippen molar-refractivity contribution in [3.8, 4) is 0 Å². The normalized spacial score (nSPS) is 15.2. The van der Waals surface area contributed by atoms with Crippen molar-refractivity contribution in [2.75, 3.05) is 31.1 Å². The van der Waals surface area contributed by atoms with E-state index in [9.17, 15) is 0 Å². The van der Waals surface area contributed by atoms with E-state index in [1.54, 1.807) is 6.07 Å². The number of rotatable bonds is 1. The van der Waals surface area contributed by atoms with Crippen molar-refractivity contribution < 1.29 is 0 Å². The van der Waals surface area contributed by atoms with Gasteiger partial charge in [-0.2, -0.15) is 0 Å². The molecule has 3 rings (SSSR count). The second-order valence-electron chi connectivity index (χ2n) is 4.80. The third-order valence-electron chi connectivity index (χ3n) is 3.39. The van der Waals surface area contributed by atoms with Crippen molar-refractivity contribution in [1.29, 1.82) is 0 Å². The Balaban J connectivity index is 0.00000147. The van der Waals surface area contributed by atoms with Crippen LogP contribution in [-0.2, 0) is 0 Å². The monoisotopic (exact) mass is 331 g/mol. The highest BCUT2D eigenvalue weighted by atomic mass is 35.5. The summed E-state index contributed by atoms with van der Waals surface area (Å²) < 4.78 is 0. The molecule has 0 radical (unpaired) electrons. The van der Waals surface area contributed by atoms with Crippen LogP contribution in [0.4, 0.5) is 5.69 Å². The first-order valence-electron chi connectivity index (χ1n) is 6.37. The predicted octanol–water partition coefficient (Wildman–Crippen LogP) is 3.68. The van der Waals surface area contributed by atoms with Crippen LogP contribution >= 0.6 is 35.6 Å². The lowest BCUT2D eigenvalue weighted by Crippen LogP contribution is -2.43. The zero-order valence-electron chi connectivity index (χ0n) is 11.1. The Morgan fingerprint density at radius 1 is 1.15 bits per heavy atom. The van der Waals surface area contributed by atoms with Crippen molar-refractivity contribution >= 4 is 52.2 Å². The van der Waals surface area contributed by atoms with Crippen LogP contribution in [0, 0.1) is 6.92 Å². The summed E-state index contributed by atoms with van der Waals surface area (Å²) in [6.45, 7) is 5.96. The number of pyridine rings is 1. The highest BCUT2D eigenvalue weighted by molar-refractivity contribution is 6.39. The van der Waals surface area contributed by atoms with E-state index in [4.69, 9.17) is 23.2 Å². The number of hydrogen-bond donors (Lipinski definition) is 1. The van der Waals surface area contributed by atoms with Gasteiger partial charge in [-0.05, 0) is 25.1 Å². The smallest absolute Gasteiger partial charge is 0.0755 e. The molecule has 3 nitrogen and oxygen atoms in total. The minimum atomic E-state index is 0. The van der Waals surface area contributed by atoms with E-state index < -0.39 is 0 Å². The Morgan fingerprint density at radius 3 is 2.55 bits per heavy atom. The van der Waals surface area contributed by atoms with E-state index in [1.165, 1.54) is 0 Å².